The van der Waals surface area contributed by atoms with Crippen LogP contribution in [0.4, 0.5) is 0 Å². The molecule has 2 amide bonds. The molecule has 3 aliphatic rings. The van der Waals surface area contributed by atoms with Gasteiger partial charge in [0.05, 0.1) is 6.26 Å². The van der Waals surface area contributed by atoms with Gasteiger partial charge in [-0.05, 0) is 6.07 Å². The summed E-state index contributed by atoms with van der Waals surface area (Å²) in [6.45, 7) is 0.266. The molecule has 0 aromatic carbocycles. The average molecular weight is 502 g/mol. The van der Waals surface area contributed by atoms with Crippen molar-refractivity contribution in [3.63, 3.8) is 0 Å². The van der Waals surface area contributed by atoms with Gasteiger partial charge in [0.25, 0.3) is 11.8 Å². The minimum absolute atomic E-state index is 0.0834. The Bertz CT molecular complexity index is 1300. The minimum atomic E-state index is -1.21. The number of hydrogen-bond acceptors (Lipinski definition) is 9. The van der Waals surface area contributed by atoms with Gasteiger partial charge in [0, 0.05) is 29.0 Å². The van der Waals surface area contributed by atoms with E-state index in [-0.39, 0.29) is 18.1 Å². The van der Waals surface area contributed by atoms with E-state index >= 15 is 0 Å². The van der Waals surface area contributed by atoms with Gasteiger partial charge < -0.3 is 24.4 Å². The maximum absolute atomic E-state index is 13.0. The number of thioether (sulfide) groups is 1. The Morgan fingerprint density at radius 3 is 2.97 bits per heavy atom. The number of rotatable bonds is 5. The van der Waals surface area contributed by atoms with Crippen molar-refractivity contribution < 1.29 is 38.0 Å². The van der Waals surface area contributed by atoms with Gasteiger partial charge >= 0.3 is 5.97 Å². The highest BCUT2D eigenvalue weighted by Crippen LogP contribution is 2.40. The number of carbonyl (C=O) groups is 3. The summed E-state index contributed by atoms with van der Waals surface area (Å²) in [6, 6.07) is 2.76. The Kier molecular flexibility index (Phi) is 5.82. The average Bonchev–Trinajstić information content (AvgIpc) is 3.48. The highest BCUT2D eigenvalue weighted by atomic mass is 32.2. The molecule has 1 fully saturated rings. The number of aliphatic carboxylic acids is 1. The van der Waals surface area contributed by atoms with Crippen molar-refractivity contribution in [3.05, 3.63) is 54.5 Å². The molecule has 13 nitrogen and oxygen atoms in total. The first-order valence-corrected chi connectivity index (χ1v) is 11.5. The number of amides is 2. The van der Waals surface area contributed by atoms with Crippen LogP contribution in [0.2, 0.25) is 0 Å². The Hall–Kier alpha value is -4.04. The fourth-order valence-electron chi connectivity index (χ4n) is 4.09. The molecule has 4 N–H and O–H groups in total. The number of furan rings is 1. The number of aromatic nitrogens is 1. The van der Waals surface area contributed by atoms with E-state index in [2.05, 4.69) is 10.5 Å². The molecule has 2 unspecified atom stereocenters. The van der Waals surface area contributed by atoms with Crippen LogP contribution in [0.25, 0.3) is 11.0 Å². The molecule has 35 heavy (non-hydrogen) atoms. The summed E-state index contributed by atoms with van der Waals surface area (Å²) < 4.78 is 12.3. The molecule has 14 heteroatoms. The van der Waals surface area contributed by atoms with E-state index in [0.717, 1.165) is 5.39 Å². The summed E-state index contributed by atoms with van der Waals surface area (Å²) >= 11 is 1.36. The fraction of sp³-hybridized carbons (Fsp3) is 0.286. The molecule has 0 saturated carbocycles. The fourth-order valence-corrected chi connectivity index (χ4v) is 5.42. The summed E-state index contributed by atoms with van der Waals surface area (Å²) in [4.78, 5) is 45.2. The van der Waals surface area contributed by atoms with Gasteiger partial charge in [-0.3, -0.25) is 25.1 Å². The van der Waals surface area contributed by atoms with Crippen molar-refractivity contribution in [2.45, 2.75) is 24.3 Å². The van der Waals surface area contributed by atoms with E-state index in [0.29, 0.717) is 16.9 Å². The number of pyridine rings is 1. The summed E-state index contributed by atoms with van der Waals surface area (Å²) in [7, 11) is 1.26. The predicted octanol–water partition coefficient (Wildman–Crippen LogP) is -0.535. The van der Waals surface area contributed by atoms with Gasteiger partial charge in [-0.15, -0.1) is 11.8 Å². The minimum Gasteiger partial charge on any atom is -0.477 e. The molecule has 3 atom stereocenters. The molecule has 0 spiro atoms. The molecule has 5 rings (SSSR count). The number of amidine groups is 1. The number of carboxylic acid groups (broad SMARTS) is 1. The molecular weight excluding hydrogens is 480 g/mol. The maximum atomic E-state index is 13.0. The van der Waals surface area contributed by atoms with Crippen LogP contribution >= 0.6 is 11.8 Å². The van der Waals surface area contributed by atoms with Crippen molar-refractivity contribution in [1.29, 1.82) is 0 Å². The first kappa shape index (κ1) is 22.7. The van der Waals surface area contributed by atoms with E-state index in [9.17, 15) is 19.5 Å². The van der Waals surface area contributed by atoms with E-state index in [1.807, 2.05) is 18.3 Å². The third kappa shape index (κ3) is 3.95. The van der Waals surface area contributed by atoms with E-state index in [1.165, 1.54) is 41.1 Å². The molecular formula is C21H21N6O7S+. The number of carboxylic acids is 1. The van der Waals surface area contributed by atoms with Crippen LogP contribution < -0.4 is 15.6 Å². The standard InChI is InChI=1S/C21H20N6O7S/c1-32-24-16(26-5-7-34-21(26)22)17(28)23-14-18(29)27-15(20(30)31)12(10-35-19(14)27)8-25-4-2-11-3-6-33-13(11)9-25/h2-7,9,14,19,21H,8,10,22H2,1H3,(H-,23,28,30,31)/p+1/b24-16+/t14?,19-,21?/m1/s1. The smallest absolute Gasteiger partial charge is 0.352 e. The zero-order valence-electron chi connectivity index (χ0n) is 18.4. The number of nitrogens with zero attached hydrogens (tertiary/aromatic N) is 4. The van der Waals surface area contributed by atoms with Crippen LogP contribution in [0, 0.1) is 0 Å². The van der Waals surface area contributed by atoms with Crippen molar-refractivity contribution >= 4 is 46.4 Å². The quantitative estimate of drug-likeness (QED) is 0.159. The molecule has 0 bridgehead atoms. The number of hydrogen-bond donors (Lipinski definition) is 3. The molecule has 0 radical (unpaired) electrons. The third-order valence-corrected chi connectivity index (χ3v) is 7.04. The topological polar surface area (TPSA) is 164 Å². The summed E-state index contributed by atoms with van der Waals surface area (Å²) in [5.74, 6) is -2.32. The lowest BCUT2D eigenvalue weighted by Gasteiger charge is -2.49. The Labute approximate surface area is 202 Å². The first-order chi connectivity index (χ1) is 16.9. The van der Waals surface area contributed by atoms with Crippen molar-refractivity contribution in [2.75, 3.05) is 12.9 Å². The Morgan fingerprint density at radius 2 is 2.26 bits per heavy atom. The first-order valence-electron chi connectivity index (χ1n) is 10.4. The molecule has 0 aliphatic carbocycles. The molecule has 2 aromatic heterocycles. The van der Waals surface area contributed by atoms with E-state index < -0.39 is 35.6 Å². The maximum Gasteiger partial charge on any atom is 0.352 e. The number of nitrogens with one attached hydrogen (secondary N) is 1. The SMILES string of the molecule is CO/N=C(\C(=O)NC1C(=O)N2C(C(=O)O)=C(C[n+]3ccc4ccoc4c3)CS[C@H]12)N1C=COC1N. The number of β-lactam (4-membered cyclic amide) rings is 1. The van der Waals surface area contributed by atoms with Crippen molar-refractivity contribution in [2.24, 2.45) is 10.9 Å². The van der Waals surface area contributed by atoms with Gasteiger partial charge in [0.1, 0.15) is 30.5 Å². The van der Waals surface area contributed by atoms with Crippen molar-refractivity contribution in [1.82, 2.24) is 15.1 Å². The highest BCUT2D eigenvalue weighted by Gasteiger charge is 2.55. The van der Waals surface area contributed by atoms with E-state index in [4.69, 9.17) is 19.7 Å². The third-order valence-electron chi connectivity index (χ3n) is 5.70. The van der Waals surface area contributed by atoms with Crippen molar-refractivity contribution in [3.8, 4) is 0 Å². The molecule has 1 saturated heterocycles. The van der Waals surface area contributed by atoms with Crippen LogP contribution in [0.5, 0.6) is 0 Å². The summed E-state index contributed by atoms with van der Waals surface area (Å²) in [6.07, 6.45) is 6.89. The van der Waals surface area contributed by atoms with Gasteiger partial charge in [0.2, 0.25) is 18.4 Å². The second-order valence-corrected chi connectivity index (χ2v) is 8.90. The van der Waals surface area contributed by atoms with E-state index in [1.54, 1.807) is 17.0 Å². The van der Waals surface area contributed by atoms with Gasteiger partial charge in [-0.1, -0.05) is 5.16 Å². The molecule has 5 heterocycles. The monoisotopic (exact) mass is 501 g/mol. The van der Waals surface area contributed by atoms with Crippen LogP contribution in [-0.2, 0) is 30.5 Å². The van der Waals surface area contributed by atoms with Crippen LogP contribution in [0.15, 0.2) is 64.1 Å². The lowest BCUT2D eigenvalue weighted by molar-refractivity contribution is -0.688. The normalized spacial score (nSPS) is 23.8. The van der Waals surface area contributed by atoms with Gasteiger partial charge in [-0.2, -0.15) is 4.57 Å². The molecule has 182 valence electrons. The van der Waals surface area contributed by atoms with Crippen LogP contribution in [0.1, 0.15) is 0 Å². The lowest BCUT2D eigenvalue weighted by atomic mass is 10.0. The second-order valence-electron chi connectivity index (χ2n) is 7.79. The molecule has 2 aromatic rings. The number of nitrogens with two attached hydrogens (primary N) is 1. The summed E-state index contributed by atoms with van der Waals surface area (Å²) in [5, 5.41) is 16.6. The zero-order chi connectivity index (χ0) is 24.7. The second kappa shape index (κ2) is 8.96. The largest absolute Gasteiger partial charge is 0.477 e. The highest BCUT2D eigenvalue weighted by molar-refractivity contribution is 8.00. The number of ether oxygens (including phenoxy) is 1. The zero-order valence-corrected chi connectivity index (χ0v) is 19.2. The van der Waals surface area contributed by atoms with Gasteiger partial charge in [0.15, 0.2) is 18.3 Å². The summed E-state index contributed by atoms with van der Waals surface area (Å²) in [5.41, 5.74) is 6.93. The lowest BCUT2D eigenvalue weighted by Crippen LogP contribution is -2.71. The van der Waals surface area contributed by atoms with Crippen LogP contribution in [0.3, 0.4) is 0 Å². The molecule has 3 aliphatic heterocycles. The number of oxime groups is 1. The van der Waals surface area contributed by atoms with Crippen LogP contribution in [-0.4, -0.2) is 69.2 Å². The van der Waals surface area contributed by atoms with Gasteiger partial charge in [-0.25, -0.2) is 4.79 Å². The Balaban J connectivity index is 1.34. The Morgan fingerprint density at radius 1 is 1.43 bits per heavy atom. The predicted molar refractivity (Wildman–Crippen MR) is 121 cm³/mol. The number of carbonyl (C=O) groups excluding carboxylic acids is 2. The number of fused-ring (bicyclic) bond motifs is 2.